The fourth-order valence-electron chi connectivity index (χ4n) is 3.73. The lowest BCUT2D eigenvalue weighted by Gasteiger charge is -2.33. The molecule has 27 heavy (non-hydrogen) atoms. The quantitative estimate of drug-likeness (QED) is 0.566. The van der Waals surface area contributed by atoms with Crippen molar-refractivity contribution in [1.29, 1.82) is 0 Å². The van der Waals surface area contributed by atoms with Crippen LogP contribution in [-0.4, -0.2) is 41.8 Å². The van der Waals surface area contributed by atoms with E-state index in [-0.39, 0.29) is 25.1 Å². The van der Waals surface area contributed by atoms with Crippen molar-refractivity contribution in [2.75, 3.05) is 19.0 Å². The van der Waals surface area contributed by atoms with Gasteiger partial charge in [-0.1, -0.05) is 48.5 Å². The minimum Gasteiger partial charge on any atom is -0.490 e. The number of carbonyl (C=O) groups excluding carboxylic acids is 2. The lowest BCUT2D eigenvalue weighted by Crippen LogP contribution is -2.46. The molecule has 0 N–H and O–H groups in total. The largest absolute Gasteiger partial charge is 0.490 e. The third-order valence-corrected chi connectivity index (χ3v) is 6.56. The second-order valence-corrected chi connectivity index (χ2v) is 7.87. The maximum Gasteiger partial charge on any atom is 0.329 e. The van der Waals surface area contributed by atoms with E-state index in [2.05, 4.69) is 0 Å². The van der Waals surface area contributed by atoms with Gasteiger partial charge in [-0.05, 0) is 24.1 Å². The van der Waals surface area contributed by atoms with Crippen LogP contribution in [0.4, 0.5) is 0 Å². The molecule has 1 amide bonds. The van der Waals surface area contributed by atoms with Gasteiger partial charge in [-0.25, -0.2) is 4.79 Å². The zero-order valence-corrected chi connectivity index (χ0v) is 15.7. The number of thioether (sulfide) groups is 1. The fraction of sp³-hybridized carbons (Fsp3) is 0.333. The molecule has 2 saturated heterocycles. The summed E-state index contributed by atoms with van der Waals surface area (Å²) in [6.45, 7) is 0.447. The third kappa shape index (κ3) is 3.41. The van der Waals surface area contributed by atoms with E-state index in [0.717, 1.165) is 17.7 Å². The van der Waals surface area contributed by atoms with E-state index in [1.54, 1.807) is 16.7 Å². The SMILES string of the molecule is O=C(OCCOc1ccccc1)[C@@H]1CS[C@@]2(c3ccccc3)CCC(=O)N12. The Hall–Kier alpha value is -2.47. The number of fused-ring (bicyclic) bond motifs is 1. The van der Waals surface area contributed by atoms with Crippen LogP contribution < -0.4 is 4.74 Å². The molecule has 2 atom stereocenters. The van der Waals surface area contributed by atoms with E-state index in [0.29, 0.717) is 12.2 Å². The van der Waals surface area contributed by atoms with E-state index in [1.165, 1.54) is 0 Å². The predicted molar refractivity (Wildman–Crippen MR) is 103 cm³/mol. The molecule has 2 heterocycles. The molecular formula is C21H21NO4S. The molecule has 6 heteroatoms. The van der Waals surface area contributed by atoms with Crippen molar-refractivity contribution < 1.29 is 19.1 Å². The van der Waals surface area contributed by atoms with E-state index >= 15 is 0 Å². The van der Waals surface area contributed by atoms with E-state index in [1.807, 2.05) is 60.7 Å². The number of hydrogen-bond donors (Lipinski definition) is 0. The first-order valence-electron chi connectivity index (χ1n) is 9.07. The Morgan fingerprint density at radius 3 is 2.52 bits per heavy atom. The van der Waals surface area contributed by atoms with Gasteiger partial charge in [-0.3, -0.25) is 4.79 Å². The Balaban J connectivity index is 1.39. The molecule has 2 aliphatic rings. The molecule has 2 aromatic carbocycles. The summed E-state index contributed by atoms with van der Waals surface area (Å²) in [7, 11) is 0. The number of hydrogen-bond acceptors (Lipinski definition) is 5. The lowest BCUT2D eigenvalue weighted by atomic mass is 10.0. The normalized spacial score (nSPS) is 23.9. The van der Waals surface area contributed by atoms with E-state index < -0.39 is 10.9 Å². The van der Waals surface area contributed by atoms with Crippen LogP contribution in [0.5, 0.6) is 5.75 Å². The summed E-state index contributed by atoms with van der Waals surface area (Å²) in [6.07, 6.45) is 1.18. The average Bonchev–Trinajstić information content (AvgIpc) is 3.26. The first-order chi connectivity index (χ1) is 13.2. The van der Waals surface area contributed by atoms with Crippen LogP contribution in [-0.2, 0) is 19.2 Å². The van der Waals surface area contributed by atoms with Crippen molar-refractivity contribution in [2.45, 2.75) is 23.8 Å². The monoisotopic (exact) mass is 383 g/mol. The number of esters is 1. The van der Waals surface area contributed by atoms with Crippen molar-refractivity contribution in [3.63, 3.8) is 0 Å². The molecule has 0 bridgehead atoms. The maximum absolute atomic E-state index is 12.6. The Labute approximate surface area is 162 Å². The number of para-hydroxylation sites is 1. The number of rotatable bonds is 6. The van der Waals surface area contributed by atoms with Crippen LogP contribution in [0.2, 0.25) is 0 Å². The Morgan fingerprint density at radius 2 is 1.78 bits per heavy atom. The molecule has 140 valence electrons. The van der Waals surface area contributed by atoms with Crippen molar-refractivity contribution in [3.8, 4) is 5.75 Å². The van der Waals surface area contributed by atoms with E-state index in [9.17, 15) is 9.59 Å². The zero-order chi connectivity index (χ0) is 18.7. The Kier molecular flexibility index (Phi) is 5.07. The topological polar surface area (TPSA) is 55.8 Å². The van der Waals surface area contributed by atoms with Gasteiger partial charge in [-0.2, -0.15) is 0 Å². The molecule has 0 unspecified atom stereocenters. The number of ether oxygens (including phenoxy) is 2. The number of carbonyl (C=O) groups is 2. The van der Waals surface area contributed by atoms with Gasteiger partial charge in [0.1, 0.15) is 29.9 Å². The highest BCUT2D eigenvalue weighted by Crippen LogP contribution is 2.54. The summed E-state index contributed by atoms with van der Waals surface area (Å²) in [4.78, 5) is 26.5. The van der Waals surface area contributed by atoms with Crippen LogP contribution in [0, 0.1) is 0 Å². The smallest absolute Gasteiger partial charge is 0.329 e. The summed E-state index contributed by atoms with van der Waals surface area (Å²) < 4.78 is 11.0. The second kappa shape index (κ2) is 7.64. The van der Waals surface area contributed by atoms with Crippen molar-refractivity contribution in [3.05, 3.63) is 66.2 Å². The van der Waals surface area contributed by atoms with Gasteiger partial charge in [0, 0.05) is 12.2 Å². The number of nitrogens with zero attached hydrogens (tertiary/aromatic N) is 1. The van der Waals surface area contributed by atoms with Crippen LogP contribution in [0.25, 0.3) is 0 Å². The lowest BCUT2D eigenvalue weighted by molar-refractivity contribution is -0.154. The highest BCUT2D eigenvalue weighted by atomic mass is 32.2. The van der Waals surface area contributed by atoms with Gasteiger partial charge in [0.15, 0.2) is 0 Å². The molecule has 5 nitrogen and oxygen atoms in total. The summed E-state index contributed by atoms with van der Waals surface area (Å²) in [5.41, 5.74) is 1.07. The summed E-state index contributed by atoms with van der Waals surface area (Å²) in [5.74, 6) is 0.959. The first-order valence-corrected chi connectivity index (χ1v) is 10.1. The minimum absolute atomic E-state index is 0.0198. The number of benzene rings is 2. The molecule has 0 saturated carbocycles. The van der Waals surface area contributed by atoms with Gasteiger partial charge >= 0.3 is 5.97 Å². The van der Waals surface area contributed by atoms with Crippen LogP contribution in [0.3, 0.4) is 0 Å². The zero-order valence-electron chi connectivity index (χ0n) is 14.9. The van der Waals surface area contributed by atoms with Gasteiger partial charge < -0.3 is 14.4 Å². The van der Waals surface area contributed by atoms with Crippen LogP contribution in [0.1, 0.15) is 18.4 Å². The molecular weight excluding hydrogens is 362 g/mol. The molecule has 2 aliphatic heterocycles. The Morgan fingerprint density at radius 1 is 1.07 bits per heavy atom. The first kappa shape index (κ1) is 17.9. The van der Waals surface area contributed by atoms with Crippen LogP contribution in [0.15, 0.2) is 60.7 Å². The Bertz CT molecular complexity index is 813. The van der Waals surface area contributed by atoms with Crippen molar-refractivity contribution in [1.82, 2.24) is 4.90 Å². The van der Waals surface area contributed by atoms with Gasteiger partial charge in [0.05, 0.1) is 0 Å². The molecule has 2 fully saturated rings. The average molecular weight is 383 g/mol. The highest BCUT2D eigenvalue weighted by molar-refractivity contribution is 8.00. The molecule has 2 aromatic rings. The molecule has 0 radical (unpaired) electrons. The summed E-state index contributed by atoms with van der Waals surface area (Å²) >= 11 is 1.66. The molecule has 0 aliphatic carbocycles. The number of amides is 1. The predicted octanol–water partition coefficient (Wildman–Crippen LogP) is 3.20. The van der Waals surface area contributed by atoms with Crippen molar-refractivity contribution in [2.24, 2.45) is 0 Å². The van der Waals surface area contributed by atoms with Gasteiger partial charge in [0.25, 0.3) is 0 Å². The van der Waals surface area contributed by atoms with Gasteiger partial charge in [0.2, 0.25) is 5.91 Å². The van der Waals surface area contributed by atoms with Crippen molar-refractivity contribution >= 4 is 23.6 Å². The molecule has 0 spiro atoms. The third-order valence-electron chi connectivity index (χ3n) is 4.96. The second-order valence-electron chi connectivity index (χ2n) is 6.57. The molecule has 4 rings (SSSR count). The highest BCUT2D eigenvalue weighted by Gasteiger charge is 2.57. The fourth-order valence-corrected chi connectivity index (χ4v) is 5.37. The van der Waals surface area contributed by atoms with Crippen LogP contribution >= 0.6 is 11.8 Å². The van der Waals surface area contributed by atoms with Gasteiger partial charge in [-0.15, -0.1) is 11.8 Å². The maximum atomic E-state index is 12.6. The standard InChI is InChI=1S/C21H21NO4S/c23-19-11-12-21(16-7-3-1-4-8-16)22(19)18(15-27-21)20(24)26-14-13-25-17-9-5-2-6-10-17/h1-10,18H,11-15H2/t18-,21+/m0/s1. The molecule has 0 aromatic heterocycles. The van der Waals surface area contributed by atoms with E-state index in [4.69, 9.17) is 9.47 Å². The minimum atomic E-state index is -0.540. The summed E-state index contributed by atoms with van der Waals surface area (Å²) in [6, 6.07) is 18.8. The summed E-state index contributed by atoms with van der Waals surface area (Å²) in [5, 5.41) is 0.